The summed E-state index contributed by atoms with van der Waals surface area (Å²) in [6, 6.07) is 0. The minimum Gasteiger partial charge on any atom is -0.479 e. The second-order valence-electron chi connectivity index (χ2n) is 7.57. The molecule has 2 amide bonds. The number of imide groups is 1. The minimum atomic E-state index is -1.70. The molecule has 1 fully saturated rings. The van der Waals surface area contributed by atoms with Crippen molar-refractivity contribution in [2.45, 2.75) is 64.7 Å². The van der Waals surface area contributed by atoms with Crippen molar-refractivity contribution in [3.8, 4) is 0 Å². The number of nitrogens with zero attached hydrogens (tertiary/aromatic N) is 1. The van der Waals surface area contributed by atoms with Gasteiger partial charge in [0.25, 0.3) is 0 Å². The summed E-state index contributed by atoms with van der Waals surface area (Å²) in [5, 5.41) is 9.57. The first-order chi connectivity index (χ1) is 10.2. The Balaban J connectivity index is 3.22. The van der Waals surface area contributed by atoms with Crippen LogP contribution in [0.4, 0.5) is 9.59 Å². The van der Waals surface area contributed by atoms with Gasteiger partial charge in [-0.25, -0.2) is 14.4 Å². The molecule has 1 saturated carbocycles. The van der Waals surface area contributed by atoms with E-state index < -0.39 is 40.8 Å². The molecule has 23 heavy (non-hydrogen) atoms. The number of carbonyl (C=O) groups is 3. The molecule has 0 heterocycles. The van der Waals surface area contributed by atoms with E-state index in [-0.39, 0.29) is 6.42 Å². The largest absolute Gasteiger partial charge is 0.479 e. The first-order valence-electron chi connectivity index (χ1n) is 7.37. The van der Waals surface area contributed by atoms with Crippen LogP contribution in [0, 0.1) is 5.92 Å². The van der Waals surface area contributed by atoms with Gasteiger partial charge in [0.2, 0.25) is 0 Å². The number of carbonyl (C=O) groups excluding carboxylic acids is 2. The van der Waals surface area contributed by atoms with Crippen molar-refractivity contribution in [2.75, 3.05) is 0 Å². The average Bonchev–Trinajstić information content (AvgIpc) is 2.99. The molecule has 1 rings (SSSR count). The lowest BCUT2D eigenvalue weighted by Crippen LogP contribution is -2.54. The zero-order valence-electron chi connectivity index (χ0n) is 14.5. The molecule has 0 aromatic carbocycles. The number of aliphatic carboxylic acids is 1. The van der Waals surface area contributed by atoms with E-state index in [0.29, 0.717) is 4.90 Å². The van der Waals surface area contributed by atoms with Gasteiger partial charge in [0.1, 0.15) is 11.2 Å². The molecule has 7 heteroatoms. The van der Waals surface area contributed by atoms with Gasteiger partial charge in [-0.1, -0.05) is 6.08 Å². The smallest absolute Gasteiger partial charge is 0.420 e. The Kier molecular flexibility index (Phi) is 4.84. The van der Waals surface area contributed by atoms with Crippen LogP contribution in [0.1, 0.15) is 48.0 Å². The Morgan fingerprint density at radius 3 is 1.70 bits per heavy atom. The Labute approximate surface area is 136 Å². The van der Waals surface area contributed by atoms with E-state index in [1.807, 2.05) is 0 Å². The van der Waals surface area contributed by atoms with Crippen LogP contribution in [0.3, 0.4) is 0 Å². The van der Waals surface area contributed by atoms with Crippen molar-refractivity contribution in [3.63, 3.8) is 0 Å². The molecule has 2 atom stereocenters. The normalized spacial score (nSPS) is 23.7. The zero-order valence-corrected chi connectivity index (χ0v) is 14.5. The zero-order chi connectivity index (χ0) is 18.2. The number of ether oxygens (including phenoxy) is 2. The summed E-state index contributed by atoms with van der Waals surface area (Å²) in [5.41, 5.74) is -3.46. The van der Waals surface area contributed by atoms with Gasteiger partial charge in [0.15, 0.2) is 5.54 Å². The van der Waals surface area contributed by atoms with E-state index in [9.17, 15) is 19.5 Å². The summed E-state index contributed by atoms with van der Waals surface area (Å²) in [5.74, 6) is -1.83. The maximum atomic E-state index is 12.4. The molecule has 1 aliphatic rings. The van der Waals surface area contributed by atoms with E-state index in [2.05, 4.69) is 6.58 Å². The van der Waals surface area contributed by atoms with Crippen LogP contribution < -0.4 is 0 Å². The van der Waals surface area contributed by atoms with E-state index in [0.717, 1.165) is 0 Å². The van der Waals surface area contributed by atoms with E-state index >= 15 is 0 Å². The fourth-order valence-electron chi connectivity index (χ4n) is 2.17. The molecule has 1 N–H and O–H groups in total. The predicted molar refractivity (Wildman–Crippen MR) is 83.0 cm³/mol. The third kappa shape index (κ3) is 4.24. The van der Waals surface area contributed by atoms with Crippen LogP contribution >= 0.6 is 0 Å². The van der Waals surface area contributed by atoms with Crippen LogP contribution in [0.25, 0.3) is 0 Å². The van der Waals surface area contributed by atoms with Crippen LogP contribution in [0.2, 0.25) is 0 Å². The monoisotopic (exact) mass is 327 g/mol. The van der Waals surface area contributed by atoms with Gasteiger partial charge in [0.05, 0.1) is 0 Å². The molecule has 2 unspecified atom stereocenters. The quantitative estimate of drug-likeness (QED) is 0.800. The highest BCUT2D eigenvalue weighted by Crippen LogP contribution is 2.50. The highest BCUT2D eigenvalue weighted by molar-refractivity contribution is 5.98. The molecule has 1 aliphatic carbocycles. The molecule has 0 saturated heterocycles. The van der Waals surface area contributed by atoms with Crippen LogP contribution in [0.5, 0.6) is 0 Å². The molecule has 0 aromatic heterocycles. The Hall–Kier alpha value is -2.05. The van der Waals surface area contributed by atoms with Crippen molar-refractivity contribution < 1.29 is 29.0 Å². The highest BCUT2D eigenvalue weighted by atomic mass is 16.6. The molecule has 0 bridgehead atoms. The van der Waals surface area contributed by atoms with Gasteiger partial charge in [-0.2, -0.15) is 4.90 Å². The van der Waals surface area contributed by atoms with Crippen molar-refractivity contribution >= 4 is 18.2 Å². The standard InChI is InChI=1S/C16H25NO6/c1-8-10-9-16(10,11(18)19)17(12(20)22-14(2,3)4)13(21)23-15(5,6)7/h8,10H,1,9H2,2-7H3,(H,18,19). The fraction of sp³-hybridized carbons (Fsp3) is 0.688. The summed E-state index contributed by atoms with van der Waals surface area (Å²) < 4.78 is 10.4. The number of carboxylic acids is 1. The first kappa shape index (κ1) is 19.0. The summed E-state index contributed by atoms with van der Waals surface area (Å²) in [6.45, 7) is 13.3. The van der Waals surface area contributed by atoms with Crippen molar-refractivity contribution in [1.82, 2.24) is 4.90 Å². The molecule has 7 nitrogen and oxygen atoms in total. The van der Waals surface area contributed by atoms with Crippen molar-refractivity contribution in [1.29, 1.82) is 0 Å². The van der Waals surface area contributed by atoms with Gasteiger partial charge < -0.3 is 14.6 Å². The molecule has 0 aromatic rings. The highest BCUT2D eigenvalue weighted by Gasteiger charge is 2.68. The maximum Gasteiger partial charge on any atom is 0.420 e. The van der Waals surface area contributed by atoms with Gasteiger partial charge in [-0.3, -0.25) is 0 Å². The topological polar surface area (TPSA) is 93.1 Å². The summed E-state index contributed by atoms with van der Waals surface area (Å²) in [4.78, 5) is 37.2. The third-order valence-corrected chi connectivity index (χ3v) is 3.19. The van der Waals surface area contributed by atoms with Crippen LogP contribution in [0.15, 0.2) is 12.7 Å². The number of hydrogen-bond donors (Lipinski definition) is 1. The Bertz CT molecular complexity index is 500. The number of rotatable bonds is 3. The third-order valence-electron chi connectivity index (χ3n) is 3.19. The molecule has 0 radical (unpaired) electrons. The first-order valence-corrected chi connectivity index (χ1v) is 7.37. The maximum absolute atomic E-state index is 12.4. The second-order valence-corrected chi connectivity index (χ2v) is 7.57. The molecule has 0 aliphatic heterocycles. The lowest BCUT2D eigenvalue weighted by molar-refractivity contribution is -0.145. The van der Waals surface area contributed by atoms with Crippen molar-refractivity contribution in [3.05, 3.63) is 12.7 Å². The molecular formula is C16H25NO6. The summed E-state index contributed by atoms with van der Waals surface area (Å²) in [6.07, 6.45) is -0.586. The van der Waals surface area contributed by atoms with Crippen LogP contribution in [-0.2, 0) is 14.3 Å². The van der Waals surface area contributed by atoms with E-state index in [4.69, 9.17) is 9.47 Å². The van der Waals surface area contributed by atoms with Gasteiger partial charge in [0, 0.05) is 5.92 Å². The lowest BCUT2D eigenvalue weighted by Gasteiger charge is -2.32. The number of amides is 2. The lowest BCUT2D eigenvalue weighted by atomic mass is 10.1. The Morgan fingerprint density at radius 2 is 1.48 bits per heavy atom. The molecular weight excluding hydrogens is 302 g/mol. The Morgan fingerprint density at radius 1 is 1.09 bits per heavy atom. The van der Waals surface area contributed by atoms with Gasteiger partial charge in [-0.05, 0) is 48.0 Å². The second kappa shape index (κ2) is 5.86. The van der Waals surface area contributed by atoms with Gasteiger partial charge in [-0.15, -0.1) is 6.58 Å². The van der Waals surface area contributed by atoms with Gasteiger partial charge >= 0.3 is 18.2 Å². The molecule has 130 valence electrons. The van der Waals surface area contributed by atoms with E-state index in [1.165, 1.54) is 6.08 Å². The van der Waals surface area contributed by atoms with Crippen LogP contribution in [-0.4, -0.2) is 44.9 Å². The SMILES string of the molecule is C=CC1CC1(C(=O)O)N(C(=O)OC(C)(C)C)C(=O)OC(C)(C)C. The van der Waals surface area contributed by atoms with E-state index in [1.54, 1.807) is 41.5 Å². The summed E-state index contributed by atoms with van der Waals surface area (Å²) >= 11 is 0. The number of carboxylic acid groups (broad SMARTS) is 1. The average molecular weight is 327 g/mol. The predicted octanol–water partition coefficient (Wildman–Crippen LogP) is 3.19. The minimum absolute atomic E-state index is 0.0876. The van der Waals surface area contributed by atoms with Crippen molar-refractivity contribution in [2.24, 2.45) is 5.92 Å². The fourth-order valence-corrected chi connectivity index (χ4v) is 2.17. The number of hydrogen-bond acceptors (Lipinski definition) is 5. The summed E-state index contributed by atoms with van der Waals surface area (Å²) in [7, 11) is 0. The molecule has 0 spiro atoms.